The Bertz CT molecular complexity index is 444. The predicted molar refractivity (Wildman–Crippen MR) is 92.7 cm³/mol. The van der Waals surface area contributed by atoms with Crippen LogP contribution in [0.15, 0.2) is 30.3 Å². The zero-order valence-electron chi connectivity index (χ0n) is 14.9. The molecule has 0 radical (unpaired) electrons. The Morgan fingerprint density at radius 1 is 1.23 bits per heavy atom. The summed E-state index contributed by atoms with van der Waals surface area (Å²) in [4.78, 5) is 0. The van der Waals surface area contributed by atoms with E-state index in [1.807, 2.05) is 0 Å². The standard InChI is InChI=1S/C20H33NO/c1-5-19(4)16-20(17(2)3,12-14-22-19)11-13-21-15-18-9-7-6-8-10-18/h6-10,17,21H,5,11-16H2,1-4H3/p+1/t19-,20+/m0/s1. The van der Waals surface area contributed by atoms with Crippen LogP contribution >= 0.6 is 0 Å². The molecule has 1 aliphatic heterocycles. The Balaban J connectivity index is 1.89. The SMILES string of the molecule is CC[C@@]1(C)C[C@](CC[NH2+]Cc2ccccc2)(C(C)C)CCO1. The van der Waals surface area contributed by atoms with Gasteiger partial charge in [0.2, 0.25) is 0 Å². The minimum Gasteiger partial charge on any atom is -0.375 e. The third kappa shape index (κ3) is 4.33. The van der Waals surface area contributed by atoms with Crippen LogP contribution in [0.25, 0.3) is 0 Å². The van der Waals surface area contributed by atoms with Crippen LogP contribution in [0.5, 0.6) is 0 Å². The first-order valence-corrected chi connectivity index (χ1v) is 8.99. The topological polar surface area (TPSA) is 25.8 Å². The van der Waals surface area contributed by atoms with Gasteiger partial charge in [0.05, 0.1) is 12.1 Å². The van der Waals surface area contributed by atoms with Crippen molar-refractivity contribution >= 4 is 0 Å². The zero-order valence-corrected chi connectivity index (χ0v) is 14.9. The summed E-state index contributed by atoms with van der Waals surface area (Å²) in [5, 5.41) is 2.47. The smallest absolute Gasteiger partial charge is 0.101 e. The van der Waals surface area contributed by atoms with Crippen LogP contribution in [-0.2, 0) is 11.3 Å². The van der Waals surface area contributed by atoms with Gasteiger partial charge in [0.1, 0.15) is 6.54 Å². The molecular formula is C20H34NO+. The van der Waals surface area contributed by atoms with E-state index in [9.17, 15) is 0 Å². The number of benzene rings is 1. The second-order valence-electron chi connectivity index (χ2n) is 7.61. The summed E-state index contributed by atoms with van der Waals surface area (Å²) in [5.41, 5.74) is 1.96. The van der Waals surface area contributed by atoms with Crippen molar-refractivity contribution in [3.8, 4) is 0 Å². The van der Waals surface area contributed by atoms with Crippen molar-refractivity contribution in [2.45, 2.75) is 65.5 Å². The van der Waals surface area contributed by atoms with E-state index in [2.05, 4.69) is 63.3 Å². The second-order valence-corrected chi connectivity index (χ2v) is 7.61. The fourth-order valence-corrected chi connectivity index (χ4v) is 3.88. The molecule has 1 heterocycles. The van der Waals surface area contributed by atoms with Crippen molar-refractivity contribution in [2.75, 3.05) is 13.2 Å². The highest BCUT2D eigenvalue weighted by atomic mass is 16.5. The monoisotopic (exact) mass is 304 g/mol. The van der Waals surface area contributed by atoms with Gasteiger partial charge in [-0.3, -0.25) is 0 Å². The lowest BCUT2D eigenvalue weighted by atomic mass is 9.64. The first-order valence-electron chi connectivity index (χ1n) is 8.99. The molecule has 124 valence electrons. The van der Waals surface area contributed by atoms with Gasteiger partial charge < -0.3 is 10.1 Å². The fraction of sp³-hybridized carbons (Fsp3) is 0.700. The maximum absolute atomic E-state index is 6.09. The van der Waals surface area contributed by atoms with Crippen LogP contribution in [0.4, 0.5) is 0 Å². The van der Waals surface area contributed by atoms with Crippen molar-refractivity contribution in [3.63, 3.8) is 0 Å². The molecule has 22 heavy (non-hydrogen) atoms. The van der Waals surface area contributed by atoms with Crippen LogP contribution in [0, 0.1) is 11.3 Å². The molecule has 2 N–H and O–H groups in total. The fourth-order valence-electron chi connectivity index (χ4n) is 3.88. The highest BCUT2D eigenvalue weighted by Crippen LogP contribution is 2.47. The van der Waals surface area contributed by atoms with Gasteiger partial charge in [-0.2, -0.15) is 0 Å². The summed E-state index contributed by atoms with van der Waals surface area (Å²) in [7, 11) is 0. The molecule has 0 amide bonds. The van der Waals surface area contributed by atoms with E-state index in [4.69, 9.17) is 4.74 Å². The lowest BCUT2D eigenvalue weighted by Crippen LogP contribution is -2.83. The van der Waals surface area contributed by atoms with Crippen LogP contribution in [-0.4, -0.2) is 18.8 Å². The van der Waals surface area contributed by atoms with Crippen molar-refractivity contribution < 1.29 is 10.1 Å². The van der Waals surface area contributed by atoms with Gasteiger partial charge in [-0.25, -0.2) is 0 Å². The zero-order chi connectivity index (χ0) is 16.1. The molecule has 1 fully saturated rings. The van der Waals surface area contributed by atoms with Crippen molar-refractivity contribution in [3.05, 3.63) is 35.9 Å². The summed E-state index contributed by atoms with van der Waals surface area (Å²) in [6.45, 7) is 12.6. The molecule has 2 atom stereocenters. The number of nitrogens with two attached hydrogens (primary N) is 1. The van der Waals surface area contributed by atoms with Crippen LogP contribution in [0.1, 0.15) is 58.9 Å². The molecule has 0 unspecified atom stereocenters. The molecule has 0 aliphatic carbocycles. The molecule has 1 saturated heterocycles. The average Bonchev–Trinajstić information content (AvgIpc) is 2.52. The van der Waals surface area contributed by atoms with E-state index in [-0.39, 0.29) is 5.60 Å². The van der Waals surface area contributed by atoms with Crippen LogP contribution in [0.2, 0.25) is 0 Å². The van der Waals surface area contributed by atoms with Crippen molar-refractivity contribution in [2.24, 2.45) is 11.3 Å². The van der Waals surface area contributed by atoms with E-state index >= 15 is 0 Å². The van der Waals surface area contributed by atoms with E-state index in [1.165, 1.54) is 31.4 Å². The maximum Gasteiger partial charge on any atom is 0.101 e. The molecular weight excluding hydrogens is 270 g/mol. The third-order valence-corrected chi connectivity index (χ3v) is 5.82. The van der Waals surface area contributed by atoms with Gasteiger partial charge in [-0.05, 0) is 37.5 Å². The Hall–Kier alpha value is -0.860. The van der Waals surface area contributed by atoms with Gasteiger partial charge in [0.15, 0.2) is 0 Å². The first-order chi connectivity index (χ1) is 10.5. The molecule has 0 bridgehead atoms. The molecule has 2 nitrogen and oxygen atoms in total. The Kier molecular flexibility index (Phi) is 6.05. The van der Waals surface area contributed by atoms with Crippen LogP contribution in [0.3, 0.4) is 0 Å². The van der Waals surface area contributed by atoms with E-state index in [1.54, 1.807) is 0 Å². The Morgan fingerprint density at radius 2 is 1.95 bits per heavy atom. The number of hydrogen-bond donors (Lipinski definition) is 1. The first kappa shape index (κ1) is 17.5. The number of ether oxygens (including phenoxy) is 1. The number of rotatable bonds is 7. The third-order valence-electron chi connectivity index (χ3n) is 5.82. The highest BCUT2D eigenvalue weighted by Gasteiger charge is 2.44. The second kappa shape index (κ2) is 7.61. The summed E-state index contributed by atoms with van der Waals surface area (Å²) >= 11 is 0. The Morgan fingerprint density at radius 3 is 2.59 bits per heavy atom. The molecule has 0 spiro atoms. The van der Waals surface area contributed by atoms with Crippen molar-refractivity contribution in [1.82, 2.24) is 0 Å². The average molecular weight is 304 g/mol. The molecule has 0 saturated carbocycles. The summed E-state index contributed by atoms with van der Waals surface area (Å²) in [5.74, 6) is 0.729. The van der Waals surface area contributed by atoms with E-state index in [0.29, 0.717) is 5.41 Å². The minimum atomic E-state index is 0.0853. The quantitative estimate of drug-likeness (QED) is 0.763. The van der Waals surface area contributed by atoms with Crippen molar-refractivity contribution in [1.29, 1.82) is 0 Å². The lowest BCUT2D eigenvalue weighted by molar-refractivity contribution is -0.672. The molecule has 1 aliphatic rings. The summed E-state index contributed by atoms with van der Waals surface area (Å²) in [6, 6.07) is 10.8. The molecule has 2 heteroatoms. The summed E-state index contributed by atoms with van der Waals surface area (Å²) < 4.78 is 6.09. The molecule has 0 aromatic heterocycles. The van der Waals surface area contributed by atoms with Gasteiger partial charge in [-0.1, -0.05) is 51.1 Å². The van der Waals surface area contributed by atoms with Crippen LogP contribution < -0.4 is 5.32 Å². The minimum absolute atomic E-state index is 0.0853. The molecule has 1 aromatic carbocycles. The summed E-state index contributed by atoms with van der Waals surface area (Å²) in [6.07, 6.45) is 4.86. The van der Waals surface area contributed by atoms with E-state index < -0.39 is 0 Å². The number of quaternary nitrogens is 1. The molecule has 2 rings (SSSR count). The van der Waals surface area contributed by atoms with Gasteiger partial charge in [0, 0.05) is 18.6 Å². The van der Waals surface area contributed by atoms with Gasteiger partial charge in [0.25, 0.3) is 0 Å². The maximum atomic E-state index is 6.09. The van der Waals surface area contributed by atoms with Gasteiger partial charge in [-0.15, -0.1) is 0 Å². The predicted octanol–water partition coefficient (Wildman–Crippen LogP) is 3.76. The largest absolute Gasteiger partial charge is 0.375 e. The number of hydrogen-bond acceptors (Lipinski definition) is 1. The normalized spacial score (nSPS) is 29.0. The van der Waals surface area contributed by atoms with E-state index in [0.717, 1.165) is 25.5 Å². The Labute approximate surface area is 136 Å². The highest BCUT2D eigenvalue weighted by molar-refractivity contribution is 5.12. The molecule has 1 aromatic rings. The van der Waals surface area contributed by atoms with Gasteiger partial charge >= 0.3 is 0 Å². The lowest BCUT2D eigenvalue weighted by Gasteiger charge is -2.48.